The second-order valence-electron chi connectivity index (χ2n) is 8.48. The molecule has 1 aliphatic heterocycles. The Kier molecular flexibility index (Phi) is 5.95. The number of nitriles is 1. The monoisotopic (exact) mass is 429 g/mol. The van der Waals surface area contributed by atoms with Gasteiger partial charge in [0.05, 0.1) is 11.7 Å². The van der Waals surface area contributed by atoms with E-state index in [4.69, 9.17) is 5.26 Å². The summed E-state index contributed by atoms with van der Waals surface area (Å²) in [6.07, 6.45) is 5.70. The van der Waals surface area contributed by atoms with E-state index in [1.54, 1.807) is 6.07 Å². The van der Waals surface area contributed by atoms with Gasteiger partial charge in [-0.15, -0.1) is 5.10 Å². The SMILES string of the molecule is CCCCCC1Nc2ccc(Cc3c(C)cc(-n4nc(C#N)c(=O)[nH]c4=O)cc3C)cc21. The third kappa shape index (κ3) is 4.09. The van der Waals surface area contributed by atoms with E-state index in [1.807, 2.05) is 26.0 Å². The van der Waals surface area contributed by atoms with Crippen LogP contribution in [0, 0.1) is 25.2 Å². The van der Waals surface area contributed by atoms with Crippen LogP contribution in [0.3, 0.4) is 0 Å². The zero-order valence-electron chi connectivity index (χ0n) is 18.7. The number of aromatic amines is 1. The van der Waals surface area contributed by atoms with Crippen LogP contribution in [0.25, 0.3) is 5.69 Å². The molecule has 7 heteroatoms. The molecule has 0 bridgehead atoms. The lowest BCUT2D eigenvalue weighted by Gasteiger charge is -2.33. The lowest BCUT2D eigenvalue weighted by molar-refractivity contribution is 0.585. The zero-order valence-corrected chi connectivity index (χ0v) is 18.7. The molecule has 1 aliphatic rings. The van der Waals surface area contributed by atoms with Gasteiger partial charge in [-0.3, -0.25) is 9.78 Å². The first-order chi connectivity index (χ1) is 15.4. The van der Waals surface area contributed by atoms with Crippen molar-refractivity contribution in [2.45, 2.75) is 58.9 Å². The summed E-state index contributed by atoms with van der Waals surface area (Å²) in [5.41, 5.74) is 5.89. The maximum Gasteiger partial charge on any atom is 0.349 e. The number of fused-ring (bicyclic) bond motifs is 1. The van der Waals surface area contributed by atoms with Gasteiger partial charge in [-0.05, 0) is 72.7 Å². The molecule has 0 amide bonds. The van der Waals surface area contributed by atoms with Gasteiger partial charge >= 0.3 is 5.69 Å². The molecule has 0 fully saturated rings. The van der Waals surface area contributed by atoms with Crippen molar-refractivity contribution in [3.63, 3.8) is 0 Å². The Hall–Kier alpha value is -3.66. The number of anilines is 1. The number of nitrogens with zero attached hydrogens (tertiary/aromatic N) is 3. The number of hydrogen-bond donors (Lipinski definition) is 2. The Morgan fingerprint density at radius 1 is 1.12 bits per heavy atom. The summed E-state index contributed by atoms with van der Waals surface area (Å²) in [5, 5.41) is 16.5. The first kappa shape index (κ1) is 21.6. The van der Waals surface area contributed by atoms with Gasteiger partial charge < -0.3 is 5.32 Å². The second-order valence-corrected chi connectivity index (χ2v) is 8.48. The van der Waals surface area contributed by atoms with Gasteiger partial charge in [0.1, 0.15) is 6.07 Å². The Labute approximate surface area is 186 Å². The highest BCUT2D eigenvalue weighted by Crippen LogP contribution is 2.40. The normalized spacial score (nSPS) is 14.2. The van der Waals surface area contributed by atoms with Crippen molar-refractivity contribution in [1.82, 2.24) is 14.8 Å². The number of hydrogen-bond acceptors (Lipinski definition) is 5. The largest absolute Gasteiger partial charge is 0.378 e. The number of nitrogens with one attached hydrogen (secondary N) is 2. The van der Waals surface area contributed by atoms with Crippen LogP contribution in [0.5, 0.6) is 0 Å². The number of unbranched alkanes of at least 4 members (excludes halogenated alkanes) is 2. The van der Waals surface area contributed by atoms with Gasteiger partial charge in [-0.1, -0.05) is 38.3 Å². The topological polar surface area (TPSA) is 104 Å². The fourth-order valence-corrected chi connectivity index (χ4v) is 4.38. The minimum atomic E-state index is -0.776. The summed E-state index contributed by atoms with van der Waals surface area (Å²) in [6, 6.07) is 12.5. The number of aromatic nitrogens is 3. The number of aryl methyl sites for hydroxylation is 2. The molecule has 2 aromatic carbocycles. The fraction of sp³-hybridized carbons (Fsp3) is 0.360. The fourth-order valence-electron chi connectivity index (χ4n) is 4.38. The van der Waals surface area contributed by atoms with Crippen molar-refractivity contribution in [3.8, 4) is 11.8 Å². The molecule has 7 nitrogen and oxygen atoms in total. The summed E-state index contributed by atoms with van der Waals surface area (Å²) in [6.45, 7) is 6.23. The van der Waals surface area contributed by atoms with E-state index in [9.17, 15) is 9.59 Å². The van der Waals surface area contributed by atoms with E-state index in [2.05, 4.69) is 40.5 Å². The van der Waals surface area contributed by atoms with Crippen molar-refractivity contribution >= 4 is 5.69 Å². The molecule has 4 rings (SSSR count). The van der Waals surface area contributed by atoms with Gasteiger partial charge in [-0.2, -0.15) is 9.94 Å². The standard InChI is InChI=1S/C25H27N5O2/c1-4-5-6-7-21-20-13-17(8-9-22(20)27-21)12-19-15(2)10-18(11-16(19)3)30-25(32)28-24(31)23(14-26)29-30/h8-11,13,21,27H,4-7,12H2,1-3H3,(H,28,31,32). The van der Waals surface area contributed by atoms with Crippen molar-refractivity contribution in [3.05, 3.63) is 84.7 Å². The molecule has 3 aromatic rings. The van der Waals surface area contributed by atoms with Crippen LogP contribution in [0.1, 0.15) is 72.2 Å². The molecule has 0 saturated carbocycles. The third-order valence-electron chi connectivity index (χ3n) is 6.16. The van der Waals surface area contributed by atoms with E-state index < -0.39 is 11.2 Å². The Balaban J connectivity index is 1.60. The highest BCUT2D eigenvalue weighted by Gasteiger charge is 2.25. The Bertz CT molecular complexity index is 1310. The maximum atomic E-state index is 12.2. The molecular weight excluding hydrogens is 402 g/mol. The van der Waals surface area contributed by atoms with Gasteiger partial charge in [0, 0.05) is 5.69 Å². The molecule has 1 aromatic heterocycles. The molecule has 0 spiro atoms. The minimum Gasteiger partial charge on any atom is -0.378 e. The average Bonchev–Trinajstić information content (AvgIpc) is 2.75. The lowest BCUT2D eigenvalue weighted by atomic mass is 9.88. The third-order valence-corrected chi connectivity index (χ3v) is 6.16. The van der Waals surface area contributed by atoms with Crippen LogP contribution in [-0.4, -0.2) is 14.8 Å². The van der Waals surface area contributed by atoms with Crippen LogP contribution >= 0.6 is 0 Å². The predicted octanol–water partition coefficient (Wildman–Crippen LogP) is 4.05. The van der Waals surface area contributed by atoms with Crippen molar-refractivity contribution in [2.75, 3.05) is 5.32 Å². The average molecular weight is 430 g/mol. The van der Waals surface area contributed by atoms with E-state index in [0.29, 0.717) is 11.7 Å². The molecule has 2 N–H and O–H groups in total. The summed E-state index contributed by atoms with van der Waals surface area (Å²) in [4.78, 5) is 26.0. The summed E-state index contributed by atoms with van der Waals surface area (Å²) in [7, 11) is 0. The Morgan fingerprint density at radius 2 is 1.88 bits per heavy atom. The van der Waals surface area contributed by atoms with Crippen molar-refractivity contribution < 1.29 is 0 Å². The predicted molar refractivity (Wildman–Crippen MR) is 124 cm³/mol. The maximum absolute atomic E-state index is 12.2. The first-order valence-corrected chi connectivity index (χ1v) is 11.0. The van der Waals surface area contributed by atoms with Crippen LogP contribution < -0.4 is 16.6 Å². The van der Waals surface area contributed by atoms with Crippen LogP contribution in [0.15, 0.2) is 39.9 Å². The van der Waals surface area contributed by atoms with E-state index in [0.717, 1.165) is 22.2 Å². The molecule has 0 saturated heterocycles. The van der Waals surface area contributed by atoms with Gasteiger partial charge in [-0.25, -0.2) is 4.79 Å². The number of benzene rings is 2. The molecule has 164 valence electrons. The van der Waals surface area contributed by atoms with Crippen LogP contribution in [0.2, 0.25) is 0 Å². The van der Waals surface area contributed by atoms with Crippen molar-refractivity contribution in [2.24, 2.45) is 0 Å². The molecule has 0 radical (unpaired) electrons. The van der Waals surface area contributed by atoms with Crippen LogP contribution in [0.4, 0.5) is 5.69 Å². The highest BCUT2D eigenvalue weighted by atomic mass is 16.2. The summed E-state index contributed by atoms with van der Waals surface area (Å²) >= 11 is 0. The number of rotatable bonds is 7. The van der Waals surface area contributed by atoms with E-state index in [1.165, 1.54) is 48.1 Å². The molecular formula is C25H27N5O2. The quantitative estimate of drug-likeness (QED) is 0.552. The van der Waals surface area contributed by atoms with Gasteiger partial charge in [0.15, 0.2) is 0 Å². The lowest BCUT2D eigenvalue weighted by Crippen LogP contribution is -2.33. The molecule has 0 aliphatic carbocycles. The smallest absolute Gasteiger partial charge is 0.349 e. The zero-order chi connectivity index (χ0) is 22.8. The summed E-state index contributed by atoms with van der Waals surface area (Å²) < 4.78 is 1.07. The summed E-state index contributed by atoms with van der Waals surface area (Å²) in [5.74, 6) is 0. The Morgan fingerprint density at radius 3 is 2.56 bits per heavy atom. The molecule has 2 heterocycles. The number of H-pyrrole nitrogens is 1. The molecule has 32 heavy (non-hydrogen) atoms. The van der Waals surface area contributed by atoms with E-state index in [-0.39, 0.29) is 5.69 Å². The second kappa shape index (κ2) is 8.83. The molecule has 1 atom stereocenters. The van der Waals surface area contributed by atoms with E-state index >= 15 is 0 Å². The van der Waals surface area contributed by atoms with Crippen LogP contribution in [-0.2, 0) is 6.42 Å². The van der Waals surface area contributed by atoms with Gasteiger partial charge in [0.25, 0.3) is 5.56 Å². The molecule has 1 unspecified atom stereocenters. The van der Waals surface area contributed by atoms with Gasteiger partial charge in [0.2, 0.25) is 5.69 Å². The first-order valence-electron chi connectivity index (χ1n) is 11.0. The minimum absolute atomic E-state index is 0.340. The highest BCUT2D eigenvalue weighted by molar-refractivity contribution is 5.64. The van der Waals surface area contributed by atoms with Crippen molar-refractivity contribution in [1.29, 1.82) is 5.26 Å².